The van der Waals surface area contributed by atoms with Gasteiger partial charge < -0.3 is 11.1 Å². The van der Waals surface area contributed by atoms with Gasteiger partial charge in [0.2, 0.25) is 0 Å². The molecule has 0 radical (unpaired) electrons. The van der Waals surface area contributed by atoms with Crippen LogP contribution >= 0.6 is 0 Å². The normalized spacial score (nSPS) is 10.7. The van der Waals surface area contributed by atoms with E-state index in [1.165, 1.54) is 10.9 Å². The Bertz CT molecular complexity index is 605. The molecule has 0 unspecified atom stereocenters. The number of anilines is 1. The number of nitrogens with two attached hydrogens (primary N) is 1. The van der Waals surface area contributed by atoms with E-state index in [2.05, 4.69) is 15.5 Å². The number of nitrogen functional groups attached to an aromatic ring is 1. The lowest BCUT2D eigenvalue weighted by Gasteiger charge is -2.07. The summed E-state index contributed by atoms with van der Waals surface area (Å²) in [5, 5.41) is 11.1. The average Bonchev–Trinajstić information content (AvgIpc) is 2.79. The minimum Gasteiger partial charge on any atom is -0.396 e. The number of carbonyl (C=O) groups is 1. The Hall–Kier alpha value is -2.31. The van der Waals surface area contributed by atoms with Crippen LogP contribution in [0.25, 0.3) is 0 Å². The van der Waals surface area contributed by atoms with Gasteiger partial charge in [0.1, 0.15) is 5.69 Å². The van der Waals surface area contributed by atoms with Crippen LogP contribution in [0.2, 0.25) is 0 Å². The maximum atomic E-state index is 12.1. The Morgan fingerprint density at radius 2 is 2.05 bits per heavy atom. The molecular weight excluding hydrogens is 244 g/mol. The Morgan fingerprint density at radius 3 is 2.53 bits per heavy atom. The van der Waals surface area contributed by atoms with Crippen molar-refractivity contribution in [1.29, 1.82) is 0 Å². The van der Waals surface area contributed by atoms with E-state index < -0.39 is 0 Å². The Balaban J connectivity index is 2.13. The highest BCUT2D eigenvalue weighted by molar-refractivity contribution is 5.97. The molecule has 102 valence electrons. The second kappa shape index (κ2) is 4.75. The highest BCUT2D eigenvalue weighted by Crippen LogP contribution is 2.13. The molecule has 0 bridgehead atoms. The fourth-order valence-corrected chi connectivity index (χ4v) is 2.06. The average molecular weight is 262 g/mol. The molecule has 0 atom stereocenters. The van der Waals surface area contributed by atoms with Gasteiger partial charge in [-0.05, 0) is 13.8 Å². The molecule has 7 heteroatoms. The first kappa shape index (κ1) is 13.1. The molecule has 0 saturated heterocycles. The molecule has 2 aromatic heterocycles. The van der Waals surface area contributed by atoms with Gasteiger partial charge in [0.25, 0.3) is 5.91 Å². The van der Waals surface area contributed by atoms with Gasteiger partial charge in [0, 0.05) is 31.9 Å². The van der Waals surface area contributed by atoms with Gasteiger partial charge in [-0.2, -0.15) is 10.2 Å². The van der Waals surface area contributed by atoms with Crippen molar-refractivity contribution >= 4 is 11.6 Å². The third-order valence-electron chi connectivity index (χ3n) is 3.27. The van der Waals surface area contributed by atoms with Crippen LogP contribution in [0.4, 0.5) is 5.69 Å². The number of amides is 1. The summed E-state index contributed by atoms with van der Waals surface area (Å²) in [7, 11) is 3.57. The highest BCUT2D eigenvalue weighted by Gasteiger charge is 2.16. The fourth-order valence-electron chi connectivity index (χ4n) is 2.06. The second-order valence-electron chi connectivity index (χ2n) is 4.53. The monoisotopic (exact) mass is 262 g/mol. The summed E-state index contributed by atoms with van der Waals surface area (Å²) in [6.07, 6.45) is 1.47. The number of hydrogen-bond acceptors (Lipinski definition) is 4. The zero-order valence-electron chi connectivity index (χ0n) is 11.6. The van der Waals surface area contributed by atoms with Crippen molar-refractivity contribution in [2.75, 3.05) is 5.73 Å². The third kappa shape index (κ3) is 2.31. The summed E-state index contributed by atoms with van der Waals surface area (Å²) in [4.78, 5) is 12.1. The molecule has 0 fully saturated rings. The SMILES string of the molecule is Cc1nn(C)c(C)c1CNC(=O)c1c(N)cnn1C. The molecule has 7 nitrogen and oxygen atoms in total. The number of rotatable bonds is 3. The maximum Gasteiger partial charge on any atom is 0.271 e. The van der Waals surface area contributed by atoms with E-state index in [4.69, 9.17) is 5.73 Å². The summed E-state index contributed by atoms with van der Waals surface area (Å²) in [6.45, 7) is 4.32. The van der Waals surface area contributed by atoms with Crippen LogP contribution in [0.3, 0.4) is 0 Å². The fraction of sp³-hybridized carbons (Fsp3) is 0.417. The molecule has 2 aromatic rings. The lowest BCUT2D eigenvalue weighted by Crippen LogP contribution is -2.26. The summed E-state index contributed by atoms with van der Waals surface area (Å²) < 4.78 is 3.27. The molecule has 1 amide bonds. The van der Waals surface area contributed by atoms with E-state index in [1.807, 2.05) is 20.9 Å². The zero-order chi connectivity index (χ0) is 14.2. The van der Waals surface area contributed by atoms with E-state index in [1.54, 1.807) is 11.7 Å². The highest BCUT2D eigenvalue weighted by atomic mass is 16.2. The van der Waals surface area contributed by atoms with Crippen molar-refractivity contribution in [2.45, 2.75) is 20.4 Å². The topological polar surface area (TPSA) is 90.8 Å². The molecule has 0 aromatic carbocycles. The summed E-state index contributed by atoms with van der Waals surface area (Å²) in [6, 6.07) is 0. The number of hydrogen-bond donors (Lipinski definition) is 2. The van der Waals surface area contributed by atoms with Crippen molar-refractivity contribution in [1.82, 2.24) is 24.9 Å². The first-order valence-corrected chi connectivity index (χ1v) is 5.96. The Labute approximate surface area is 111 Å². The molecule has 0 aliphatic rings. The second-order valence-corrected chi connectivity index (χ2v) is 4.53. The summed E-state index contributed by atoms with van der Waals surface area (Å²) in [5.41, 5.74) is 9.44. The third-order valence-corrected chi connectivity index (χ3v) is 3.27. The van der Waals surface area contributed by atoms with E-state index in [9.17, 15) is 4.79 Å². The zero-order valence-corrected chi connectivity index (χ0v) is 11.6. The van der Waals surface area contributed by atoms with Crippen molar-refractivity contribution in [2.24, 2.45) is 14.1 Å². The lowest BCUT2D eigenvalue weighted by atomic mass is 10.2. The number of carbonyl (C=O) groups excluding carboxylic acids is 1. The van der Waals surface area contributed by atoms with Gasteiger partial charge in [-0.25, -0.2) is 0 Å². The Morgan fingerprint density at radius 1 is 1.37 bits per heavy atom. The van der Waals surface area contributed by atoms with Gasteiger partial charge in [-0.3, -0.25) is 14.2 Å². The molecule has 3 N–H and O–H groups in total. The first-order valence-electron chi connectivity index (χ1n) is 5.96. The van der Waals surface area contributed by atoms with Gasteiger partial charge in [0.05, 0.1) is 17.6 Å². The molecule has 0 saturated carbocycles. The van der Waals surface area contributed by atoms with Crippen LogP contribution in [-0.4, -0.2) is 25.5 Å². The maximum absolute atomic E-state index is 12.1. The van der Waals surface area contributed by atoms with Crippen LogP contribution in [-0.2, 0) is 20.6 Å². The number of nitrogens with zero attached hydrogens (tertiary/aromatic N) is 4. The molecule has 19 heavy (non-hydrogen) atoms. The minimum atomic E-state index is -0.236. The molecule has 0 aliphatic carbocycles. The van der Waals surface area contributed by atoms with Crippen molar-refractivity contribution in [3.63, 3.8) is 0 Å². The predicted octanol–water partition coefficient (Wildman–Crippen LogP) is 0.283. The van der Waals surface area contributed by atoms with Crippen LogP contribution in [0.1, 0.15) is 27.4 Å². The molecule has 2 heterocycles. The molecular formula is C12H18N6O. The van der Waals surface area contributed by atoms with Gasteiger partial charge in [-0.1, -0.05) is 0 Å². The number of nitrogens with one attached hydrogen (secondary N) is 1. The van der Waals surface area contributed by atoms with Gasteiger partial charge in [-0.15, -0.1) is 0 Å². The largest absolute Gasteiger partial charge is 0.396 e. The standard InChI is InChI=1S/C12H18N6O/c1-7-9(8(2)17(3)16-7)5-14-12(19)11-10(13)6-15-18(11)4/h6H,5,13H2,1-4H3,(H,14,19). The van der Waals surface area contributed by atoms with Crippen LogP contribution in [0.15, 0.2) is 6.20 Å². The number of aromatic nitrogens is 4. The minimum absolute atomic E-state index is 0.236. The molecule has 0 spiro atoms. The van der Waals surface area contributed by atoms with Crippen molar-refractivity contribution in [3.05, 3.63) is 28.8 Å². The van der Waals surface area contributed by atoms with E-state index >= 15 is 0 Å². The Kier molecular flexibility index (Phi) is 3.28. The van der Waals surface area contributed by atoms with Crippen LogP contribution in [0, 0.1) is 13.8 Å². The smallest absolute Gasteiger partial charge is 0.271 e. The number of aryl methyl sites for hydroxylation is 3. The van der Waals surface area contributed by atoms with Crippen molar-refractivity contribution in [3.8, 4) is 0 Å². The summed E-state index contributed by atoms with van der Waals surface area (Å²) >= 11 is 0. The predicted molar refractivity (Wildman–Crippen MR) is 71.5 cm³/mol. The lowest BCUT2D eigenvalue weighted by molar-refractivity contribution is 0.0942. The quantitative estimate of drug-likeness (QED) is 0.831. The molecule has 2 rings (SSSR count). The molecule has 0 aliphatic heterocycles. The van der Waals surface area contributed by atoms with Crippen LogP contribution < -0.4 is 11.1 Å². The van der Waals surface area contributed by atoms with Gasteiger partial charge >= 0.3 is 0 Å². The van der Waals surface area contributed by atoms with E-state index in [0.717, 1.165) is 17.0 Å². The van der Waals surface area contributed by atoms with E-state index in [-0.39, 0.29) is 5.91 Å². The first-order chi connectivity index (χ1) is 8.91. The summed E-state index contributed by atoms with van der Waals surface area (Å²) in [5.74, 6) is -0.236. The van der Waals surface area contributed by atoms with E-state index in [0.29, 0.717) is 17.9 Å². The van der Waals surface area contributed by atoms with Gasteiger partial charge in [0.15, 0.2) is 0 Å². The van der Waals surface area contributed by atoms with Crippen molar-refractivity contribution < 1.29 is 4.79 Å². The van der Waals surface area contributed by atoms with Crippen LogP contribution in [0.5, 0.6) is 0 Å².